The summed E-state index contributed by atoms with van der Waals surface area (Å²) in [5.41, 5.74) is -0.274. The SMILES string of the molecule is CC1(C)CCC2(CC1)C[C@@H](C(=O)C[C@@H]1CC[C@@H](C(=O)O)OC1)[C@H](c1ccnc(Cl)c1F)[C@]21C(=O)Nc2cc(Cl)ccc21.COC(=O)[C@@H]1CC[C@@H](CC(=O)[C@@H]2CC3(CCC(C)(C)CC3)[C@@]3(C(=O)Nc4cc(Cl)ccc43)[C@H]2c2ccnc(Cl)c2F)CO1. The Morgan fingerprint density at radius 2 is 1.01 bits per heavy atom. The van der Waals surface area contributed by atoms with E-state index in [0.29, 0.717) is 72.8 Å². The number of amides is 2. The molecule has 10 atom stereocenters. The number of hydrogen-bond donors (Lipinski definition) is 3. The van der Waals surface area contributed by atoms with Crippen LogP contribution in [0, 0.1) is 57.0 Å². The third-order valence-electron chi connectivity index (χ3n) is 21.5. The molecule has 20 heteroatoms. The van der Waals surface area contributed by atoms with Crippen molar-refractivity contribution in [3.8, 4) is 0 Å². The Kier molecular flexibility index (Phi) is 16.7. The van der Waals surface area contributed by atoms with E-state index in [-0.39, 0.29) is 93.5 Å². The first-order valence-electron chi connectivity index (χ1n) is 29.7. The lowest BCUT2D eigenvalue weighted by molar-refractivity contribution is -0.159. The Morgan fingerprint density at radius 1 is 0.612 bits per heavy atom. The average Bonchev–Trinajstić information content (AvgIpc) is 1.55. The van der Waals surface area contributed by atoms with Crippen LogP contribution in [0.3, 0.4) is 0 Å². The summed E-state index contributed by atoms with van der Waals surface area (Å²) in [6.45, 7) is 9.33. The molecule has 4 saturated carbocycles. The molecule has 4 aliphatic carbocycles. The minimum absolute atomic E-state index is 0.0289. The Labute approximate surface area is 513 Å². The second kappa shape index (κ2) is 23.1. The molecule has 454 valence electrons. The van der Waals surface area contributed by atoms with Crippen LogP contribution >= 0.6 is 46.4 Å². The maximum absolute atomic E-state index is 16.1. The van der Waals surface area contributed by atoms with E-state index in [1.54, 1.807) is 36.4 Å². The molecule has 0 bridgehead atoms. The molecule has 0 radical (unpaired) electrons. The number of ether oxygens (including phenoxy) is 3. The number of aromatic nitrogens is 2. The second-order valence-electron chi connectivity index (χ2n) is 27.1. The van der Waals surface area contributed by atoms with Gasteiger partial charge >= 0.3 is 11.9 Å². The van der Waals surface area contributed by atoms with E-state index in [1.807, 2.05) is 12.1 Å². The van der Waals surface area contributed by atoms with E-state index < -0.39 is 81.1 Å². The molecule has 0 unspecified atom stereocenters. The van der Waals surface area contributed by atoms with E-state index in [4.69, 9.17) is 60.6 Å². The molecular formula is C65H72Cl4F2N4O10. The molecule has 8 aliphatic rings. The quantitative estimate of drug-likeness (QED) is 0.100. The van der Waals surface area contributed by atoms with Crippen LogP contribution in [0.2, 0.25) is 20.4 Å². The zero-order chi connectivity index (χ0) is 60.8. The highest BCUT2D eigenvalue weighted by atomic mass is 35.5. The third-order valence-corrected chi connectivity index (χ3v) is 22.5. The van der Waals surface area contributed by atoms with Gasteiger partial charge in [-0.3, -0.25) is 19.2 Å². The van der Waals surface area contributed by atoms with E-state index in [0.717, 1.165) is 49.7 Å². The summed E-state index contributed by atoms with van der Waals surface area (Å²) in [6.07, 6.45) is 11.0. The number of methoxy groups -OCH3 is 1. The van der Waals surface area contributed by atoms with Crippen LogP contribution in [0.25, 0.3) is 0 Å². The van der Waals surface area contributed by atoms with Gasteiger partial charge in [0.15, 0.2) is 34.1 Å². The first-order valence-corrected chi connectivity index (χ1v) is 31.2. The fourth-order valence-corrected chi connectivity index (χ4v) is 17.8. The van der Waals surface area contributed by atoms with Gasteiger partial charge in [-0.2, -0.15) is 0 Å². The topological polar surface area (TPSA) is 200 Å². The Morgan fingerprint density at radius 3 is 1.38 bits per heavy atom. The molecule has 2 aromatic carbocycles. The number of carboxylic acid groups (broad SMARTS) is 1. The number of nitrogens with one attached hydrogen (secondary N) is 2. The minimum Gasteiger partial charge on any atom is -0.479 e. The first-order chi connectivity index (χ1) is 40.3. The van der Waals surface area contributed by atoms with Crippen molar-refractivity contribution >= 4 is 93.1 Å². The summed E-state index contributed by atoms with van der Waals surface area (Å²) in [4.78, 5) is 89.2. The molecule has 2 amide bonds. The number of halogens is 6. The molecule has 6 heterocycles. The number of rotatable bonds is 10. The number of benzene rings is 2. The van der Waals surface area contributed by atoms with Crippen molar-refractivity contribution in [2.24, 2.45) is 45.3 Å². The van der Waals surface area contributed by atoms with Gasteiger partial charge in [0.2, 0.25) is 11.8 Å². The zero-order valence-electron chi connectivity index (χ0n) is 48.4. The van der Waals surface area contributed by atoms with Crippen molar-refractivity contribution in [3.63, 3.8) is 0 Å². The highest BCUT2D eigenvalue weighted by Gasteiger charge is 2.74. The Bertz CT molecular complexity index is 3350. The number of anilines is 2. The highest BCUT2D eigenvalue weighted by Crippen LogP contribution is 2.74. The number of esters is 1. The number of Topliss-reactive ketones (excluding diaryl/α,β-unsaturated/α-hetero) is 2. The summed E-state index contributed by atoms with van der Waals surface area (Å²) >= 11 is 25.2. The van der Waals surface area contributed by atoms with Crippen molar-refractivity contribution in [2.75, 3.05) is 31.0 Å². The molecule has 12 rings (SSSR count). The third kappa shape index (κ3) is 10.5. The summed E-state index contributed by atoms with van der Waals surface area (Å²) < 4.78 is 48.2. The average molecular weight is 1250 g/mol. The lowest BCUT2D eigenvalue weighted by atomic mass is 9.51. The smallest absolute Gasteiger partial charge is 0.334 e. The molecular weight excluding hydrogens is 1180 g/mol. The molecule has 85 heavy (non-hydrogen) atoms. The number of nitrogens with zero attached hydrogens (tertiary/aromatic N) is 2. The van der Waals surface area contributed by atoms with Crippen molar-refractivity contribution in [2.45, 2.75) is 165 Å². The molecule has 14 nitrogen and oxygen atoms in total. The van der Waals surface area contributed by atoms with Crippen LogP contribution in [0.1, 0.15) is 165 Å². The molecule has 4 spiro atoms. The number of pyridine rings is 2. The van der Waals surface area contributed by atoms with Gasteiger partial charge in [0, 0.05) is 70.3 Å². The van der Waals surface area contributed by atoms with Crippen molar-refractivity contribution in [1.82, 2.24) is 9.97 Å². The van der Waals surface area contributed by atoms with Crippen LogP contribution in [0.15, 0.2) is 60.9 Å². The zero-order valence-corrected chi connectivity index (χ0v) is 51.4. The van der Waals surface area contributed by atoms with Crippen LogP contribution < -0.4 is 10.6 Å². The van der Waals surface area contributed by atoms with E-state index in [9.17, 15) is 33.9 Å². The molecule has 3 N–H and O–H groups in total. The van der Waals surface area contributed by atoms with Crippen LogP contribution in [0.5, 0.6) is 0 Å². The van der Waals surface area contributed by atoms with Gasteiger partial charge in [0.05, 0.1) is 31.2 Å². The highest BCUT2D eigenvalue weighted by molar-refractivity contribution is 6.32. The number of carbonyl (C=O) groups excluding carboxylic acids is 5. The summed E-state index contributed by atoms with van der Waals surface area (Å²) in [7, 11) is 1.33. The Balaban J connectivity index is 0.000000177. The standard InChI is InChI=1S/C33H37Cl2FN2O5.C32H35Cl2FN2O5/c1-31(2)9-11-32(12-10-31)16-21(24(39)14-18-4-7-25(43-17-18)29(40)42-3)26(20-8-13-37-28(35)27(20)36)33(32)22-6-5-19(34)15-23(22)38-30(33)41;1-30(2)8-10-31(11-9-30)15-20(23(38)13-17-3-6-24(28(39)40)42-16-17)25(19-7-12-36-27(34)26(19)35)32(31)21-5-4-18(33)14-22(21)37-29(32)41/h5-6,8,13,15,18,21,25-26H,4,7,9-12,14,16-17H2,1-3H3,(H,38,41);4-5,7,12,14,17,20,24-25H,3,6,8-11,13,15-16H2,1-2H3,(H,37,41)(H,39,40)/t18-,21-,25-,26-,33+;17-,20-,24-,25-,32+/m00/s1. The maximum atomic E-state index is 16.1. The molecule has 4 aromatic rings. The van der Waals surface area contributed by atoms with Crippen molar-refractivity contribution in [3.05, 3.63) is 115 Å². The predicted octanol–water partition coefficient (Wildman–Crippen LogP) is 14.0. The number of carboxylic acids is 1. The molecule has 6 fully saturated rings. The van der Waals surface area contributed by atoms with Gasteiger partial charge in [-0.05, 0) is 182 Å². The largest absolute Gasteiger partial charge is 0.479 e. The summed E-state index contributed by atoms with van der Waals surface area (Å²) in [5.74, 6) is -6.54. The summed E-state index contributed by atoms with van der Waals surface area (Å²) in [5, 5.41) is 15.9. The first kappa shape index (κ1) is 61.5. The molecule has 2 saturated heterocycles. The van der Waals surface area contributed by atoms with Gasteiger partial charge < -0.3 is 30.0 Å². The van der Waals surface area contributed by atoms with E-state index in [1.165, 1.54) is 19.5 Å². The van der Waals surface area contributed by atoms with Crippen LogP contribution in [-0.4, -0.2) is 82.9 Å². The molecule has 4 aliphatic heterocycles. The lowest BCUT2D eigenvalue weighted by Gasteiger charge is -2.51. The van der Waals surface area contributed by atoms with Crippen molar-refractivity contribution < 1.29 is 56.9 Å². The number of aliphatic carboxylic acids is 1. The van der Waals surface area contributed by atoms with Crippen LogP contribution in [0.4, 0.5) is 20.2 Å². The number of hydrogen-bond acceptors (Lipinski definition) is 11. The Hall–Kier alpha value is -5.10. The predicted molar refractivity (Wildman–Crippen MR) is 317 cm³/mol. The fourth-order valence-electron chi connectivity index (χ4n) is 17.1. The monoisotopic (exact) mass is 1250 g/mol. The van der Waals surface area contributed by atoms with E-state index >= 15 is 8.78 Å². The van der Waals surface area contributed by atoms with Gasteiger partial charge in [0.1, 0.15) is 11.6 Å². The molecule has 2 aromatic heterocycles. The number of carbonyl (C=O) groups is 6. The van der Waals surface area contributed by atoms with Gasteiger partial charge in [-0.1, -0.05) is 86.2 Å². The normalized spacial score (nSPS) is 31.0. The lowest BCUT2D eigenvalue weighted by Crippen LogP contribution is -2.52. The fraction of sp³-hybridized carbons (Fsp3) is 0.569. The summed E-state index contributed by atoms with van der Waals surface area (Å²) in [6, 6.07) is 13.9. The van der Waals surface area contributed by atoms with Gasteiger partial charge in [0.25, 0.3) is 0 Å². The number of ketones is 2. The van der Waals surface area contributed by atoms with Crippen molar-refractivity contribution in [1.29, 1.82) is 0 Å². The van der Waals surface area contributed by atoms with E-state index in [2.05, 4.69) is 48.3 Å². The minimum atomic E-state index is -1.22. The number of fused-ring (bicyclic) bond motifs is 6. The van der Waals surface area contributed by atoms with Gasteiger partial charge in [-0.25, -0.2) is 28.3 Å². The maximum Gasteiger partial charge on any atom is 0.334 e. The van der Waals surface area contributed by atoms with Crippen LogP contribution in [-0.2, 0) is 53.8 Å². The van der Waals surface area contributed by atoms with Gasteiger partial charge in [-0.15, -0.1) is 0 Å². The second-order valence-corrected chi connectivity index (χ2v) is 28.7.